The molecule has 0 bridgehead atoms. The first kappa shape index (κ1) is 30.8. The topological polar surface area (TPSA) is 92.2 Å². The lowest BCUT2D eigenvalue weighted by Gasteiger charge is -2.19. The maximum atomic E-state index is 13.4. The summed E-state index contributed by atoms with van der Waals surface area (Å²) in [5, 5.41) is 9.94. The maximum Gasteiger partial charge on any atom is 0.272 e. The molecule has 0 aliphatic rings. The van der Waals surface area contributed by atoms with Crippen molar-refractivity contribution in [2.45, 2.75) is 66.5 Å². The number of amides is 3. The fourth-order valence-electron chi connectivity index (χ4n) is 4.74. The van der Waals surface area contributed by atoms with Gasteiger partial charge in [0.05, 0.1) is 10.6 Å². The molecule has 220 valence electrons. The molecule has 8 heteroatoms. The average Bonchev–Trinajstić information content (AvgIpc) is 3.31. The van der Waals surface area contributed by atoms with Crippen LogP contribution < -0.4 is 16.0 Å². The number of carbonyl (C=O) groups excluding carboxylic acids is 3. The zero-order valence-electron chi connectivity index (χ0n) is 25.3. The van der Waals surface area contributed by atoms with Crippen molar-refractivity contribution in [1.82, 2.24) is 9.88 Å². The molecule has 0 aliphatic heterocycles. The van der Waals surface area contributed by atoms with Crippen molar-refractivity contribution in [3.63, 3.8) is 0 Å². The molecule has 4 rings (SSSR count). The number of benzene rings is 3. The summed E-state index contributed by atoms with van der Waals surface area (Å²) in [6, 6.07) is 20.5. The van der Waals surface area contributed by atoms with Crippen molar-refractivity contribution in [1.29, 1.82) is 0 Å². The van der Waals surface area contributed by atoms with E-state index in [1.54, 1.807) is 18.2 Å². The van der Waals surface area contributed by atoms with Crippen LogP contribution in [0, 0.1) is 5.92 Å². The van der Waals surface area contributed by atoms with Crippen LogP contribution in [0.2, 0.25) is 5.02 Å². The molecule has 1 heterocycles. The third kappa shape index (κ3) is 7.02. The second-order valence-electron chi connectivity index (χ2n) is 12.2. The fraction of sp³-hybridized carbons (Fsp3) is 0.324. The first-order valence-electron chi connectivity index (χ1n) is 14.2. The summed E-state index contributed by atoms with van der Waals surface area (Å²) in [4.78, 5) is 38.5. The summed E-state index contributed by atoms with van der Waals surface area (Å²) >= 11 is 6.36. The third-order valence-corrected chi connectivity index (χ3v) is 7.45. The number of fused-ring (bicyclic) bond motifs is 1. The highest BCUT2D eigenvalue weighted by Gasteiger charge is 2.20. The number of nitrogens with zero attached hydrogens (tertiary/aromatic N) is 1. The molecule has 0 fully saturated rings. The summed E-state index contributed by atoms with van der Waals surface area (Å²) in [7, 11) is 0. The molecular weight excluding hydrogens is 548 g/mol. The van der Waals surface area contributed by atoms with Gasteiger partial charge in [-0.3, -0.25) is 14.4 Å². The Morgan fingerprint density at radius 3 is 2.07 bits per heavy atom. The fourth-order valence-corrected chi connectivity index (χ4v) is 4.95. The number of hydrogen-bond acceptors (Lipinski definition) is 3. The van der Waals surface area contributed by atoms with E-state index < -0.39 is 0 Å². The van der Waals surface area contributed by atoms with Crippen LogP contribution in [-0.4, -0.2) is 22.3 Å². The number of anilines is 2. The molecule has 42 heavy (non-hydrogen) atoms. The van der Waals surface area contributed by atoms with Crippen LogP contribution >= 0.6 is 11.6 Å². The van der Waals surface area contributed by atoms with Crippen LogP contribution in [0.4, 0.5) is 11.4 Å². The monoisotopic (exact) mass is 586 g/mol. The van der Waals surface area contributed by atoms with Gasteiger partial charge in [-0.1, -0.05) is 64.4 Å². The molecule has 3 aromatic carbocycles. The van der Waals surface area contributed by atoms with Crippen molar-refractivity contribution in [3.05, 3.63) is 94.1 Å². The number of hydrogen-bond donors (Lipinski definition) is 3. The van der Waals surface area contributed by atoms with Gasteiger partial charge in [0, 0.05) is 40.8 Å². The van der Waals surface area contributed by atoms with E-state index in [0.29, 0.717) is 28.5 Å². The Morgan fingerprint density at radius 1 is 0.810 bits per heavy atom. The Morgan fingerprint density at radius 2 is 1.45 bits per heavy atom. The van der Waals surface area contributed by atoms with Crippen molar-refractivity contribution >= 4 is 51.6 Å². The normalized spacial score (nSPS) is 11.7. The Labute approximate surface area is 252 Å². The molecule has 0 saturated carbocycles. The molecule has 3 amide bonds. The molecule has 0 saturated heterocycles. The largest absolute Gasteiger partial charge is 0.352 e. The minimum absolute atomic E-state index is 0.0267. The molecule has 7 nitrogen and oxygen atoms in total. The Hall–Kier alpha value is -4.10. The van der Waals surface area contributed by atoms with Gasteiger partial charge in [0.25, 0.3) is 11.8 Å². The van der Waals surface area contributed by atoms with E-state index in [0.717, 1.165) is 22.2 Å². The zero-order valence-corrected chi connectivity index (χ0v) is 26.0. The standard InChI is InChI=1S/C34H39ClN4O3/c1-20(2)31(40)36-19-22-8-14-28(35)27(16-22)32(41)38-26-13-15-29-23(17-26)18-30(39(29)21(3)4)33(42)37-25-11-9-24(10-12-25)34(5,6)7/h8-18,20-21H,19H2,1-7H3,(H,36,40)(H,37,42)(H,38,41). The van der Waals surface area contributed by atoms with Crippen LogP contribution in [-0.2, 0) is 16.8 Å². The summed E-state index contributed by atoms with van der Waals surface area (Å²) in [6.07, 6.45) is 0. The highest BCUT2D eigenvalue weighted by Crippen LogP contribution is 2.29. The summed E-state index contributed by atoms with van der Waals surface area (Å²) in [6.45, 7) is 14.5. The lowest BCUT2D eigenvalue weighted by Crippen LogP contribution is -2.27. The van der Waals surface area contributed by atoms with E-state index in [2.05, 4.69) is 36.7 Å². The number of halogens is 1. The second kappa shape index (κ2) is 12.4. The average molecular weight is 587 g/mol. The van der Waals surface area contributed by atoms with Crippen LogP contribution in [0.15, 0.2) is 66.7 Å². The van der Waals surface area contributed by atoms with Gasteiger partial charge in [-0.05, 0) is 78.9 Å². The first-order valence-corrected chi connectivity index (χ1v) is 14.6. The molecule has 0 spiro atoms. The van der Waals surface area contributed by atoms with Crippen molar-refractivity contribution < 1.29 is 14.4 Å². The van der Waals surface area contributed by atoms with Gasteiger partial charge in [-0.15, -0.1) is 0 Å². The number of nitrogens with one attached hydrogen (secondary N) is 3. The molecule has 3 N–H and O–H groups in total. The summed E-state index contributed by atoms with van der Waals surface area (Å²) < 4.78 is 1.99. The van der Waals surface area contributed by atoms with Crippen LogP contribution in [0.25, 0.3) is 10.9 Å². The zero-order chi connectivity index (χ0) is 30.8. The Balaban J connectivity index is 1.55. The molecule has 0 radical (unpaired) electrons. The van der Waals surface area contributed by atoms with Crippen LogP contribution in [0.1, 0.15) is 86.5 Å². The van der Waals surface area contributed by atoms with Gasteiger partial charge in [0.1, 0.15) is 5.69 Å². The second-order valence-corrected chi connectivity index (χ2v) is 12.6. The molecule has 1 aromatic heterocycles. The molecule has 0 unspecified atom stereocenters. The quantitative estimate of drug-likeness (QED) is 0.196. The van der Waals surface area contributed by atoms with Gasteiger partial charge < -0.3 is 20.5 Å². The van der Waals surface area contributed by atoms with E-state index in [9.17, 15) is 14.4 Å². The molecule has 0 atom stereocenters. The number of rotatable bonds is 8. The van der Waals surface area contributed by atoms with Crippen molar-refractivity contribution in [2.75, 3.05) is 10.6 Å². The lowest BCUT2D eigenvalue weighted by molar-refractivity contribution is -0.124. The summed E-state index contributed by atoms with van der Waals surface area (Å²) in [5.41, 5.74) is 5.02. The summed E-state index contributed by atoms with van der Waals surface area (Å²) in [5.74, 6) is -0.769. The van der Waals surface area contributed by atoms with Gasteiger partial charge in [0.15, 0.2) is 0 Å². The predicted octanol–water partition coefficient (Wildman–Crippen LogP) is 7.95. The Bertz CT molecular complexity index is 1630. The van der Waals surface area contributed by atoms with Gasteiger partial charge in [-0.2, -0.15) is 0 Å². The van der Waals surface area contributed by atoms with E-state index in [-0.39, 0.29) is 35.1 Å². The van der Waals surface area contributed by atoms with Crippen molar-refractivity contribution in [3.8, 4) is 0 Å². The van der Waals surface area contributed by atoms with Gasteiger partial charge >= 0.3 is 0 Å². The number of aromatic nitrogens is 1. The Kier molecular flexibility index (Phi) is 9.12. The molecule has 4 aromatic rings. The lowest BCUT2D eigenvalue weighted by atomic mass is 9.87. The highest BCUT2D eigenvalue weighted by atomic mass is 35.5. The smallest absolute Gasteiger partial charge is 0.272 e. The van der Waals surface area contributed by atoms with Crippen LogP contribution in [0.3, 0.4) is 0 Å². The van der Waals surface area contributed by atoms with Gasteiger partial charge in [-0.25, -0.2) is 0 Å². The van der Waals surface area contributed by atoms with Crippen molar-refractivity contribution in [2.24, 2.45) is 5.92 Å². The number of carbonyl (C=O) groups is 3. The third-order valence-electron chi connectivity index (χ3n) is 7.12. The van der Waals surface area contributed by atoms with E-state index >= 15 is 0 Å². The van der Waals surface area contributed by atoms with E-state index in [4.69, 9.17) is 11.6 Å². The van der Waals surface area contributed by atoms with E-state index in [1.165, 1.54) is 5.56 Å². The minimum atomic E-state index is -0.364. The maximum absolute atomic E-state index is 13.4. The SMILES string of the molecule is CC(C)C(=O)NCc1ccc(Cl)c(C(=O)Nc2ccc3c(c2)cc(C(=O)Nc2ccc(C(C)(C)C)cc2)n3C(C)C)c1. The first-order chi connectivity index (χ1) is 19.7. The molecular formula is C34H39ClN4O3. The molecule has 0 aliphatic carbocycles. The highest BCUT2D eigenvalue weighted by molar-refractivity contribution is 6.34. The minimum Gasteiger partial charge on any atom is -0.352 e. The predicted molar refractivity (Wildman–Crippen MR) is 172 cm³/mol. The van der Waals surface area contributed by atoms with Gasteiger partial charge in [0.2, 0.25) is 5.91 Å². The van der Waals surface area contributed by atoms with E-state index in [1.807, 2.05) is 80.8 Å². The van der Waals surface area contributed by atoms with Crippen LogP contribution in [0.5, 0.6) is 0 Å².